The van der Waals surface area contributed by atoms with Crippen molar-refractivity contribution in [2.24, 2.45) is 0 Å². The van der Waals surface area contributed by atoms with Crippen LogP contribution >= 0.6 is 23.1 Å². The minimum absolute atomic E-state index is 0.0714. The first-order valence-electron chi connectivity index (χ1n) is 7.61. The van der Waals surface area contributed by atoms with Crippen LogP contribution in [0.25, 0.3) is 11.1 Å². The molecule has 1 heterocycles. The molecular weight excluding hydrogens is 354 g/mol. The second-order valence-corrected chi connectivity index (χ2v) is 7.34. The van der Waals surface area contributed by atoms with Gasteiger partial charge in [0.05, 0.1) is 0 Å². The molecule has 0 saturated carbocycles. The second kappa shape index (κ2) is 8.13. The molecule has 3 aromatic rings. The Morgan fingerprint density at radius 3 is 2.32 bits per heavy atom. The third kappa shape index (κ3) is 4.80. The SMILES string of the molecule is CSc1nnc(NC(=O)COc2ccc(-c3ccc(C)cc3)cc2)s1. The number of aryl methyl sites for hydroxylation is 1. The zero-order chi connectivity index (χ0) is 17.6. The molecule has 0 bridgehead atoms. The highest BCUT2D eigenvalue weighted by Crippen LogP contribution is 2.24. The van der Waals surface area contributed by atoms with Gasteiger partial charge < -0.3 is 4.74 Å². The fourth-order valence-corrected chi connectivity index (χ4v) is 3.32. The Hall–Kier alpha value is -2.38. The Kier molecular flexibility index (Phi) is 5.67. The van der Waals surface area contributed by atoms with Crippen LogP contribution in [0.1, 0.15) is 5.56 Å². The number of thioether (sulfide) groups is 1. The van der Waals surface area contributed by atoms with Crippen molar-refractivity contribution in [3.05, 3.63) is 54.1 Å². The largest absolute Gasteiger partial charge is 0.484 e. The number of nitrogens with zero attached hydrogens (tertiary/aromatic N) is 2. The number of benzene rings is 2. The third-order valence-corrected chi connectivity index (χ3v) is 5.25. The van der Waals surface area contributed by atoms with Gasteiger partial charge in [0.15, 0.2) is 10.9 Å². The highest BCUT2D eigenvalue weighted by Gasteiger charge is 2.08. The van der Waals surface area contributed by atoms with Crippen molar-refractivity contribution in [3.8, 4) is 16.9 Å². The fraction of sp³-hybridized carbons (Fsp3) is 0.167. The molecule has 7 heteroatoms. The van der Waals surface area contributed by atoms with E-state index in [9.17, 15) is 4.79 Å². The number of hydrogen-bond acceptors (Lipinski definition) is 6. The van der Waals surface area contributed by atoms with E-state index < -0.39 is 0 Å². The Bertz CT molecular complexity index is 846. The van der Waals surface area contributed by atoms with Crippen LogP contribution in [-0.2, 0) is 4.79 Å². The first-order valence-corrected chi connectivity index (χ1v) is 9.65. The van der Waals surface area contributed by atoms with Crippen LogP contribution in [0.2, 0.25) is 0 Å². The predicted molar refractivity (Wildman–Crippen MR) is 102 cm³/mol. The van der Waals surface area contributed by atoms with Gasteiger partial charge in [0.2, 0.25) is 5.13 Å². The van der Waals surface area contributed by atoms with Gasteiger partial charge in [0.1, 0.15) is 5.75 Å². The van der Waals surface area contributed by atoms with Gasteiger partial charge in [0.25, 0.3) is 5.91 Å². The Morgan fingerprint density at radius 1 is 1.08 bits per heavy atom. The fourth-order valence-electron chi connectivity index (χ4n) is 2.14. The van der Waals surface area contributed by atoms with E-state index in [1.54, 1.807) is 0 Å². The monoisotopic (exact) mass is 371 g/mol. The van der Waals surface area contributed by atoms with Crippen LogP contribution in [0.15, 0.2) is 52.9 Å². The standard InChI is InChI=1S/C18H17N3O2S2/c1-12-3-5-13(6-4-12)14-7-9-15(10-8-14)23-11-16(22)19-17-20-21-18(24-2)25-17/h3-10H,11H2,1-2H3,(H,19,20,22). The number of aromatic nitrogens is 2. The third-order valence-electron chi connectivity index (χ3n) is 3.44. The summed E-state index contributed by atoms with van der Waals surface area (Å²) in [7, 11) is 0. The van der Waals surface area contributed by atoms with Crippen molar-refractivity contribution in [2.75, 3.05) is 18.2 Å². The van der Waals surface area contributed by atoms with Crippen LogP contribution in [0.3, 0.4) is 0 Å². The van der Waals surface area contributed by atoms with Crippen molar-refractivity contribution in [3.63, 3.8) is 0 Å². The molecule has 3 rings (SSSR count). The van der Waals surface area contributed by atoms with Crippen LogP contribution in [-0.4, -0.2) is 29.0 Å². The predicted octanol–water partition coefficient (Wildman–Crippen LogP) is 4.25. The summed E-state index contributed by atoms with van der Waals surface area (Å²) >= 11 is 2.83. The van der Waals surface area contributed by atoms with Crippen molar-refractivity contribution in [2.45, 2.75) is 11.3 Å². The average Bonchev–Trinajstić information content (AvgIpc) is 3.09. The van der Waals surface area contributed by atoms with Gasteiger partial charge in [-0.05, 0) is 36.4 Å². The number of carbonyl (C=O) groups excluding carboxylic acids is 1. The van der Waals surface area contributed by atoms with Gasteiger partial charge in [-0.2, -0.15) is 0 Å². The van der Waals surface area contributed by atoms with E-state index in [1.807, 2.05) is 30.5 Å². The molecule has 0 radical (unpaired) electrons. The molecule has 2 aromatic carbocycles. The summed E-state index contributed by atoms with van der Waals surface area (Å²) < 4.78 is 6.33. The van der Waals surface area contributed by atoms with Crippen molar-refractivity contribution in [1.29, 1.82) is 0 Å². The van der Waals surface area contributed by atoms with Crippen LogP contribution < -0.4 is 10.1 Å². The van der Waals surface area contributed by atoms with Gasteiger partial charge in [-0.15, -0.1) is 10.2 Å². The number of ether oxygens (including phenoxy) is 1. The molecule has 0 aliphatic carbocycles. The van der Waals surface area contributed by atoms with E-state index in [-0.39, 0.29) is 12.5 Å². The number of amides is 1. The molecule has 0 aliphatic rings. The first-order chi connectivity index (χ1) is 12.1. The van der Waals surface area contributed by atoms with Crippen LogP contribution in [0.5, 0.6) is 5.75 Å². The number of carbonyl (C=O) groups is 1. The maximum atomic E-state index is 11.9. The van der Waals surface area contributed by atoms with Gasteiger partial charge in [-0.25, -0.2) is 0 Å². The molecular formula is C18H17N3O2S2. The van der Waals surface area contributed by atoms with E-state index in [0.29, 0.717) is 10.9 Å². The minimum Gasteiger partial charge on any atom is -0.484 e. The summed E-state index contributed by atoms with van der Waals surface area (Å²) in [5.41, 5.74) is 3.49. The maximum Gasteiger partial charge on any atom is 0.264 e. The lowest BCUT2D eigenvalue weighted by Gasteiger charge is -2.07. The normalized spacial score (nSPS) is 10.5. The minimum atomic E-state index is -0.258. The average molecular weight is 371 g/mol. The topological polar surface area (TPSA) is 64.1 Å². The lowest BCUT2D eigenvalue weighted by Crippen LogP contribution is -2.20. The van der Waals surface area contributed by atoms with Crippen molar-refractivity contribution >= 4 is 34.1 Å². The lowest BCUT2D eigenvalue weighted by atomic mass is 10.0. The molecule has 0 spiro atoms. The molecule has 128 valence electrons. The Labute approximate surface area is 154 Å². The van der Waals surface area contributed by atoms with Gasteiger partial charge in [-0.3, -0.25) is 10.1 Å². The van der Waals surface area contributed by atoms with Gasteiger partial charge in [0, 0.05) is 0 Å². The molecule has 0 atom stereocenters. The molecule has 0 unspecified atom stereocenters. The number of rotatable bonds is 6. The Balaban J connectivity index is 1.54. The summed E-state index contributed by atoms with van der Waals surface area (Å²) in [6, 6.07) is 16.0. The summed E-state index contributed by atoms with van der Waals surface area (Å²) in [5.74, 6) is 0.388. The quantitative estimate of drug-likeness (QED) is 0.518. The molecule has 1 amide bonds. The molecule has 25 heavy (non-hydrogen) atoms. The van der Waals surface area contributed by atoms with Gasteiger partial charge >= 0.3 is 0 Å². The first kappa shape index (κ1) is 17.4. The van der Waals surface area contributed by atoms with Crippen molar-refractivity contribution in [1.82, 2.24) is 10.2 Å². The van der Waals surface area contributed by atoms with Gasteiger partial charge in [-0.1, -0.05) is 65.1 Å². The highest BCUT2D eigenvalue weighted by atomic mass is 32.2. The van der Waals surface area contributed by atoms with E-state index in [2.05, 4.69) is 46.7 Å². The summed E-state index contributed by atoms with van der Waals surface area (Å²) in [5, 5.41) is 11.0. The van der Waals surface area contributed by atoms with Crippen molar-refractivity contribution < 1.29 is 9.53 Å². The second-order valence-electron chi connectivity index (χ2n) is 5.30. The van der Waals surface area contributed by atoms with E-state index >= 15 is 0 Å². The zero-order valence-corrected chi connectivity index (χ0v) is 15.5. The Morgan fingerprint density at radius 2 is 1.72 bits per heavy atom. The molecule has 0 aliphatic heterocycles. The number of anilines is 1. The summed E-state index contributed by atoms with van der Waals surface area (Å²) in [4.78, 5) is 11.9. The molecule has 0 saturated heterocycles. The number of hydrogen-bond donors (Lipinski definition) is 1. The highest BCUT2D eigenvalue weighted by molar-refractivity contribution is 8.00. The summed E-state index contributed by atoms with van der Waals surface area (Å²) in [6.45, 7) is 1.99. The van der Waals surface area contributed by atoms with Crippen LogP contribution in [0, 0.1) is 6.92 Å². The van der Waals surface area contributed by atoms with E-state index in [1.165, 1.54) is 28.7 Å². The molecule has 1 aromatic heterocycles. The molecule has 0 fully saturated rings. The molecule has 5 nitrogen and oxygen atoms in total. The zero-order valence-electron chi connectivity index (χ0n) is 13.9. The van der Waals surface area contributed by atoms with E-state index in [0.717, 1.165) is 15.5 Å². The number of nitrogens with one attached hydrogen (secondary N) is 1. The van der Waals surface area contributed by atoms with Crippen LogP contribution in [0.4, 0.5) is 5.13 Å². The van der Waals surface area contributed by atoms with E-state index in [4.69, 9.17) is 4.74 Å². The maximum absolute atomic E-state index is 11.9. The lowest BCUT2D eigenvalue weighted by molar-refractivity contribution is -0.118. The molecule has 1 N–H and O–H groups in total. The smallest absolute Gasteiger partial charge is 0.264 e. The summed E-state index contributed by atoms with van der Waals surface area (Å²) in [6.07, 6.45) is 1.91.